The summed E-state index contributed by atoms with van der Waals surface area (Å²) in [5.74, 6) is -0.542. The third-order valence-corrected chi connectivity index (χ3v) is 3.79. The number of fused-ring (bicyclic) bond motifs is 1. The number of rotatable bonds is 5. The summed E-state index contributed by atoms with van der Waals surface area (Å²) in [6.07, 6.45) is 0.110. The highest BCUT2D eigenvalue weighted by Gasteiger charge is 2.24. The number of hydrogen-bond donors (Lipinski definition) is 2. The molecule has 0 saturated heterocycles. The lowest BCUT2D eigenvalue weighted by atomic mass is 10.1. The maximum absolute atomic E-state index is 13.5. The highest BCUT2D eigenvalue weighted by atomic mass is 19.1. The Hall–Kier alpha value is -2.89. The molecule has 2 aromatic carbocycles. The van der Waals surface area contributed by atoms with Crippen molar-refractivity contribution in [2.75, 3.05) is 13.2 Å². The normalized spacial score (nSPS) is 15.3. The monoisotopic (exact) mass is 328 g/mol. The molecule has 0 radical (unpaired) electrons. The Morgan fingerprint density at radius 2 is 1.88 bits per heavy atom. The van der Waals surface area contributed by atoms with Gasteiger partial charge in [0.25, 0.3) is 5.91 Å². The number of amides is 2. The van der Waals surface area contributed by atoms with Crippen molar-refractivity contribution >= 4 is 11.8 Å². The second kappa shape index (κ2) is 7.12. The molecule has 0 saturated carbocycles. The fourth-order valence-corrected chi connectivity index (χ4v) is 2.58. The first-order chi connectivity index (χ1) is 11.6. The highest BCUT2D eigenvalue weighted by molar-refractivity contribution is 5.94. The van der Waals surface area contributed by atoms with Crippen LogP contribution in [-0.4, -0.2) is 25.0 Å². The van der Waals surface area contributed by atoms with Crippen LogP contribution in [0, 0.1) is 5.82 Å². The predicted molar refractivity (Wildman–Crippen MR) is 86.2 cm³/mol. The van der Waals surface area contributed by atoms with E-state index in [2.05, 4.69) is 10.6 Å². The van der Waals surface area contributed by atoms with Crippen LogP contribution < -0.4 is 15.4 Å². The quantitative estimate of drug-likeness (QED) is 0.884. The second-order valence-electron chi connectivity index (χ2n) is 5.45. The van der Waals surface area contributed by atoms with Crippen LogP contribution in [0.15, 0.2) is 48.5 Å². The van der Waals surface area contributed by atoms with Crippen molar-refractivity contribution < 1.29 is 18.7 Å². The lowest BCUT2D eigenvalue weighted by Gasteiger charge is -2.12. The zero-order valence-electron chi connectivity index (χ0n) is 12.9. The van der Waals surface area contributed by atoms with E-state index in [0.29, 0.717) is 6.61 Å². The third kappa shape index (κ3) is 3.53. The number of benzene rings is 2. The van der Waals surface area contributed by atoms with Gasteiger partial charge in [0.1, 0.15) is 18.2 Å². The van der Waals surface area contributed by atoms with Crippen molar-refractivity contribution in [3.8, 4) is 5.75 Å². The summed E-state index contributed by atoms with van der Waals surface area (Å²) in [5.41, 5.74) is 0.914. The SMILES string of the molecule is O=C(CCNC(=O)c1ccccc1F)NC1COc2ccccc21. The van der Waals surface area contributed by atoms with Crippen molar-refractivity contribution in [2.24, 2.45) is 0 Å². The number of ether oxygens (including phenoxy) is 1. The third-order valence-electron chi connectivity index (χ3n) is 3.79. The van der Waals surface area contributed by atoms with Crippen molar-refractivity contribution in [3.63, 3.8) is 0 Å². The molecule has 2 amide bonds. The van der Waals surface area contributed by atoms with E-state index < -0.39 is 11.7 Å². The summed E-state index contributed by atoms with van der Waals surface area (Å²) in [7, 11) is 0. The zero-order valence-corrected chi connectivity index (χ0v) is 12.9. The summed E-state index contributed by atoms with van der Waals surface area (Å²) in [5, 5.41) is 5.41. The van der Waals surface area contributed by atoms with Crippen LogP contribution in [0.2, 0.25) is 0 Å². The van der Waals surface area contributed by atoms with Crippen molar-refractivity contribution in [1.29, 1.82) is 0 Å². The first-order valence-corrected chi connectivity index (χ1v) is 7.69. The molecule has 3 rings (SSSR count). The topological polar surface area (TPSA) is 67.4 Å². The number of carbonyl (C=O) groups excluding carboxylic acids is 2. The van der Waals surface area contributed by atoms with E-state index in [1.54, 1.807) is 6.07 Å². The van der Waals surface area contributed by atoms with Crippen LogP contribution in [-0.2, 0) is 4.79 Å². The van der Waals surface area contributed by atoms with Gasteiger partial charge >= 0.3 is 0 Å². The van der Waals surface area contributed by atoms with Crippen molar-refractivity contribution in [1.82, 2.24) is 10.6 Å². The first-order valence-electron chi connectivity index (χ1n) is 7.69. The number of halogens is 1. The molecule has 0 aromatic heterocycles. The molecular weight excluding hydrogens is 311 g/mol. The lowest BCUT2D eigenvalue weighted by Crippen LogP contribution is -2.33. The van der Waals surface area contributed by atoms with Gasteiger partial charge in [0.15, 0.2) is 0 Å². The van der Waals surface area contributed by atoms with Crippen LogP contribution >= 0.6 is 0 Å². The molecule has 1 unspecified atom stereocenters. The highest BCUT2D eigenvalue weighted by Crippen LogP contribution is 2.31. The average molecular weight is 328 g/mol. The van der Waals surface area contributed by atoms with Crippen LogP contribution in [0.1, 0.15) is 28.4 Å². The summed E-state index contributed by atoms with van der Waals surface area (Å²) < 4.78 is 19.0. The Morgan fingerprint density at radius 3 is 2.71 bits per heavy atom. The number of carbonyl (C=O) groups is 2. The van der Waals surface area contributed by atoms with Crippen LogP contribution in [0.4, 0.5) is 4.39 Å². The van der Waals surface area contributed by atoms with Crippen LogP contribution in [0.3, 0.4) is 0 Å². The van der Waals surface area contributed by atoms with E-state index >= 15 is 0 Å². The lowest BCUT2D eigenvalue weighted by molar-refractivity contribution is -0.121. The maximum atomic E-state index is 13.5. The molecule has 0 fully saturated rings. The number of para-hydroxylation sites is 1. The fourth-order valence-electron chi connectivity index (χ4n) is 2.58. The van der Waals surface area contributed by atoms with E-state index in [0.717, 1.165) is 11.3 Å². The largest absolute Gasteiger partial charge is 0.491 e. The van der Waals surface area contributed by atoms with E-state index in [4.69, 9.17) is 4.74 Å². The fraction of sp³-hybridized carbons (Fsp3) is 0.222. The summed E-state index contributed by atoms with van der Waals surface area (Å²) >= 11 is 0. The molecule has 5 nitrogen and oxygen atoms in total. The smallest absolute Gasteiger partial charge is 0.254 e. The molecule has 24 heavy (non-hydrogen) atoms. The molecule has 1 aliphatic rings. The van der Waals surface area contributed by atoms with Gasteiger partial charge in [-0.05, 0) is 18.2 Å². The van der Waals surface area contributed by atoms with E-state index in [1.165, 1.54) is 18.2 Å². The van der Waals surface area contributed by atoms with E-state index in [9.17, 15) is 14.0 Å². The average Bonchev–Trinajstić information content (AvgIpc) is 2.98. The Morgan fingerprint density at radius 1 is 1.12 bits per heavy atom. The van der Waals surface area contributed by atoms with Gasteiger partial charge in [0.2, 0.25) is 5.91 Å². The van der Waals surface area contributed by atoms with Gasteiger partial charge in [0.05, 0.1) is 11.6 Å². The van der Waals surface area contributed by atoms with Gasteiger partial charge in [-0.1, -0.05) is 30.3 Å². The summed E-state index contributed by atoms with van der Waals surface area (Å²) in [6, 6.07) is 13.1. The molecule has 0 aliphatic carbocycles. The summed E-state index contributed by atoms with van der Waals surface area (Å²) in [6.45, 7) is 0.529. The Kier molecular flexibility index (Phi) is 4.74. The Balaban J connectivity index is 1.47. The molecule has 6 heteroatoms. The molecule has 1 aliphatic heterocycles. The van der Waals surface area contributed by atoms with Gasteiger partial charge in [0, 0.05) is 18.5 Å². The zero-order chi connectivity index (χ0) is 16.9. The molecule has 0 spiro atoms. The molecule has 0 bridgehead atoms. The van der Waals surface area contributed by atoms with Crippen LogP contribution in [0.5, 0.6) is 5.75 Å². The maximum Gasteiger partial charge on any atom is 0.254 e. The second-order valence-corrected chi connectivity index (χ2v) is 5.45. The van der Waals surface area contributed by atoms with Gasteiger partial charge < -0.3 is 15.4 Å². The van der Waals surface area contributed by atoms with Gasteiger partial charge in [-0.25, -0.2) is 4.39 Å². The van der Waals surface area contributed by atoms with E-state index in [-0.39, 0.29) is 30.5 Å². The summed E-state index contributed by atoms with van der Waals surface area (Å²) in [4.78, 5) is 23.9. The molecule has 2 N–H and O–H groups in total. The van der Waals surface area contributed by atoms with Crippen LogP contribution in [0.25, 0.3) is 0 Å². The van der Waals surface area contributed by atoms with Gasteiger partial charge in [-0.3, -0.25) is 9.59 Å². The van der Waals surface area contributed by atoms with E-state index in [1.807, 2.05) is 24.3 Å². The minimum absolute atomic E-state index is 0.0315. The number of hydrogen-bond acceptors (Lipinski definition) is 3. The molecule has 1 heterocycles. The minimum Gasteiger partial charge on any atom is -0.491 e. The number of nitrogens with one attached hydrogen (secondary N) is 2. The molecular formula is C18H17FN2O3. The van der Waals surface area contributed by atoms with Crippen molar-refractivity contribution in [3.05, 3.63) is 65.5 Å². The Labute approximate surface area is 138 Å². The van der Waals surface area contributed by atoms with Gasteiger partial charge in [-0.2, -0.15) is 0 Å². The first kappa shape index (κ1) is 16.0. The van der Waals surface area contributed by atoms with Crippen molar-refractivity contribution in [2.45, 2.75) is 12.5 Å². The molecule has 1 atom stereocenters. The minimum atomic E-state index is -0.584. The van der Waals surface area contributed by atoms with Gasteiger partial charge in [-0.15, -0.1) is 0 Å². The molecule has 2 aromatic rings. The Bertz CT molecular complexity index is 763. The standard InChI is InChI=1S/C18H17FN2O3/c19-14-7-3-1-5-12(14)18(23)20-10-9-17(22)21-15-11-24-16-8-4-2-6-13(15)16/h1-8,15H,9-11H2,(H,20,23)(H,21,22). The predicted octanol–water partition coefficient (Wildman–Crippen LogP) is 2.20. The molecule has 124 valence electrons.